The molecular weight excluding hydrogens is 300 g/mol. The lowest BCUT2D eigenvalue weighted by molar-refractivity contribution is -0.129. The van der Waals surface area contributed by atoms with E-state index in [0.717, 1.165) is 26.2 Å². The van der Waals surface area contributed by atoms with E-state index in [2.05, 4.69) is 25.3 Å². The van der Waals surface area contributed by atoms with Crippen molar-refractivity contribution in [1.82, 2.24) is 30.2 Å². The average Bonchev–Trinajstić information content (AvgIpc) is 3.16. The lowest BCUT2D eigenvalue weighted by Crippen LogP contribution is -2.50. The molecule has 9 heteroatoms. The van der Waals surface area contributed by atoms with Crippen molar-refractivity contribution in [1.29, 1.82) is 0 Å². The van der Waals surface area contributed by atoms with Crippen LogP contribution in [0.15, 0.2) is 4.52 Å². The van der Waals surface area contributed by atoms with Crippen LogP contribution in [0.2, 0.25) is 0 Å². The lowest BCUT2D eigenvalue weighted by Gasteiger charge is -2.36. The second kappa shape index (κ2) is 6.63. The summed E-state index contributed by atoms with van der Waals surface area (Å²) in [6, 6.07) is -0.215. The summed E-state index contributed by atoms with van der Waals surface area (Å²) in [5.74, 6) is 1.13. The van der Waals surface area contributed by atoms with E-state index in [1.54, 1.807) is 6.92 Å². The molecule has 3 rings (SSSR count). The van der Waals surface area contributed by atoms with Gasteiger partial charge in [-0.05, 0) is 13.8 Å². The molecule has 1 aromatic rings. The summed E-state index contributed by atoms with van der Waals surface area (Å²) < 4.78 is 5.23. The highest BCUT2D eigenvalue weighted by Crippen LogP contribution is 2.20. The highest BCUT2D eigenvalue weighted by molar-refractivity contribution is 5.96. The molecule has 3 heterocycles. The normalized spacial score (nSPS) is 21.5. The van der Waals surface area contributed by atoms with Crippen molar-refractivity contribution in [3.05, 3.63) is 11.7 Å². The van der Waals surface area contributed by atoms with E-state index in [1.807, 2.05) is 6.92 Å². The van der Waals surface area contributed by atoms with Crippen molar-refractivity contribution in [2.75, 3.05) is 45.8 Å². The largest absolute Gasteiger partial charge is 0.338 e. The minimum atomic E-state index is -0.283. The van der Waals surface area contributed by atoms with Crippen LogP contribution in [0.1, 0.15) is 24.7 Å². The number of amides is 3. The topological polar surface area (TPSA) is 94.8 Å². The van der Waals surface area contributed by atoms with Gasteiger partial charge in [0, 0.05) is 39.3 Å². The Hall–Kier alpha value is -2.00. The molecule has 1 atom stereocenters. The molecule has 2 aliphatic rings. The minimum absolute atomic E-state index is 0.0680. The Morgan fingerprint density at radius 1 is 1.30 bits per heavy atom. The second-order valence-electron chi connectivity index (χ2n) is 5.95. The summed E-state index contributed by atoms with van der Waals surface area (Å²) in [4.78, 5) is 33.5. The predicted octanol–water partition coefficient (Wildman–Crippen LogP) is -0.392. The molecule has 23 heavy (non-hydrogen) atoms. The van der Waals surface area contributed by atoms with Crippen molar-refractivity contribution in [3.8, 4) is 0 Å². The fourth-order valence-electron chi connectivity index (χ4n) is 2.93. The molecule has 0 aromatic carbocycles. The molecule has 0 bridgehead atoms. The highest BCUT2D eigenvalue weighted by atomic mass is 16.5. The van der Waals surface area contributed by atoms with Gasteiger partial charge in [-0.1, -0.05) is 5.16 Å². The van der Waals surface area contributed by atoms with Crippen LogP contribution < -0.4 is 5.32 Å². The third kappa shape index (κ3) is 3.50. The average molecular weight is 322 g/mol. The summed E-state index contributed by atoms with van der Waals surface area (Å²) in [6.07, 6.45) is 0. The monoisotopic (exact) mass is 322 g/mol. The minimum Gasteiger partial charge on any atom is -0.338 e. The maximum atomic E-state index is 12.1. The van der Waals surface area contributed by atoms with Crippen LogP contribution in [0.3, 0.4) is 0 Å². The lowest BCUT2D eigenvalue weighted by atomic mass is 10.2. The van der Waals surface area contributed by atoms with E-state index in [0.29, 0.717) is 24.8 Å². The number of imide groups is 1. The van der Waals surface area contributed by atoms with Gasteiger partial charge in [0.05, 0.1) is 12.6 Å². The molecule has 0 spiro atoms. The third-order valence-electron chi connectivity index (χ3n) is 4.37. The van der Waals surface area contributed by atoms with Crippen LogP contribution in [0.5, 0.6) is 0 Å². The number of nitrogens with one attached hydrogen (secondary N) is 1. The third-order valence-corrected chi connectivity index (χ3v) is 4.37. The summed E-state index contributed by atoms with van der Waals surface area (Å²) in [6.45, 7) is 8.33. The first-order valence-corrected chi connectivity index (χ1v) is 7.89. The molecule has 2 fully saturated rings. The molecule has 3 amide bonds. The zero-order valence-corrected chi connectivity index (χ0v) is 13.5. The van der Waals surface area contributed by atoms with Gasteiger partial charge >= 0.3 is 6.03 Å². The quantitative estimate of drug-likeness (QED) is 0.806. The molecule has 9 nitrogen and oxygen atoms in total. The number of piperazine rings is 1. The Morgan fingerprint density at radius 2 is 2.04 bits per heavy atom. The molecule has 0 radical (unpaired) electrons. The van der Waals surface area contributed by atoms with E-state index in [4.69, 9.17) is 4.52 Å². The van der Waals surface area contributed by atoms with Gasteiger partial charge in [-0.2, -0.15) is 4.98 Å². The van der Waals surface area contributed by atoms with Crippen LogP contribution in [0.4, 0.5) is 4.79 Å². The Morgan fingerprint density at radius 3 is 2.61 bits per heavy atom. The maximum Gasteiger partial charge on any atom is 0.324 e. The van der Waals surface area contributed by atoms with Crippen molar-refractivity contribution in [2.24, 2.45) is 0 Å². The van der Waals surface area contributed by atoms with Gasteiger partial charge < -0.3 is 9.84 Å². The number of hydrogen-bond acceptors (Lipinski definition) is 7. The van der Waals surface area contributed by atoms with Gasteiger partial charge in [0.2, 0.25) is 11.8 Å². The zero-order chi connectivity index (χ0) is 16.4. The van der Waals surface area contributed by atoms with Gasteiger partial charge in [-0.25, -0.2) is 4.79 Å². The number of urea groups is 1. The van der Waals surface area contributed by atoms with Crippen molar-refractivity contribution >= 4 is 11.9 Å². The Bertz CT molecular complexity index is 581. The van der Waals surface area contributed by atoms with E-state index in [1.165, 1.54) is 4.90 Å². The molecule has 2 saturated heterocycles. The number of rotatable bonds is 4. The van der Waals surface area contributed by atoms with Gasteiger partial charge in [-0.15, -0.1) is 0 Å². The molecule has 0 unspecified atom stereocenters. The smallest absolute Gasteiger partial charge is 0.324 e. The number of nitrogens with zero attached hydrogens (tertiary/aromatic N) is 5. The summed E-state index contributed by atoms with van der Waals surface area (Å²) in [7, 11) is 0. The van der Waals surface area contributed by atoms with Gasteiger partial charge in [0.15, 0.2) is 5.82 Å². The van der Waals surface area contributed by atoms with Crippen LogP contribution in [-0.2, 0) is 4.79 Å². The molecule has 1 N–H and O–H groups in total. The van der Waals surface area contributed by atoms with Crippen molar-refractivity contribution in [3.63, 3.8) is 0 Å². The van der Waals surface area contributed by atoms with Crippen LogP contribution >= 0.6 is 0 Å². The first-order chi connectivity index (χ1) is 11.0. The fourth-order valence-corrected chi connectivity index (χ4v) is 2.93. The maximum absolute atomic E-state index is 12.1. The van der Waals surface area contributed by atoms with E-state index in [9.17, 15) is 9.59 Å². The molecule has 126 valence electrons. The Labute approximate surface area is 134 Å². The second-order valence-corrected chi connectivity index (χ2v) is 5.95. The van der Waals surface area contributed by atoms with Crippen molar-refractivity contribution in [2.45, 2.75) is 19.9 Å². The summed E-state index contributed by atoms with van der Waals surface area (Å²) in [5, 5.41) is 6.47. The van der Waals surface area contributed by atoms with Crippen molar-refractivity contribution < 1.29 is 14.1 Å². The Balaban J connectivity index is 1.48. The summed E-state index contributed by atoms with van der Waals surface area (Å²) in [5.41, 5.74) is 0. The Kier molecular flexibility index (Phi) is 4.58. The number of aryl methyl sites for hydroxylation is 1. The highest BCUT2D eigenvalue weighted by Gasteiger charge is 2.30. The zero-order valence-electron chi connectivity index (χ0n) is 13.5. The number of carbonyl (C=O) groups is 2. The van der Waals surface area contributed by atoms with Crippen LogP contribution in [-0.4, -0.2) is 82.6 Å². The molecule has 2 aliphatic heterocycles. The van der Waals surface area contributed by atoms with Crippen LogP contribution in [0.25, 0.3) is 0 Å². The van der Waals surface area contributed by atoms with E-state index < -0.39 is 0 Å². The number of aromatic nitrogens is 2. The number of hydrogen-bond donors (Lipinski definition) is 1. The van der Waals surface area contributed by atoms with Gasteiger partial charge in [-0.3, -0.25) is 19.5 Å². The molecule has 0 aliphatic carbocycles. The first kappa shape index (κ1) is 15.9. The van der Waals surface area contributed by atoms with Crippen LogP contribution in [0, 0.1) is 6.92 Å². The molecule has 1 aromatic heterocycles. The number of carbonyl (C=O) groups excluding carboxylic acids is 2. The summed E-state index contributed by atoms with van der Waals surface area (Å²) >= 11 is 0. The van der Waals surface area contributed by atoms with Gasteiger partial charge in [0.1, 0.15) is 0 Å². The van der Waals surface area contributed by atoms with E-state index >= 15 is 0 Å². The standard InChI is InChI=1S/C14H22N6O3/c1-10(13-16-11(2)17-23-13)19-7-5-18(6-8-19)9-12(21)20-4-3-15-14(20)22/h10H,3-9H2,1-2H3,(H,15,22)/t10-/m0/s1. The molecule has 0 saturated carbocycles. The molecular formula is C14H22N6O3. The predicted molar refractivity (Wildman–Crippen MR) is 80.6 cm³/mol. The fraction of sp³-hybridized carbons (Fsp3) is 0.714. The SMILES string of the molecule is Cc1noc([C@H](C)N2CCN(CC(=O)N3CCNC3=O)CC2)n1. The van der Waals surface area contributed by atoms with Gasteiger partial charge in [0.25, 0.3) is 0 Å². The first-order valence-electron chi connectivity index (χ1n) is 7.89. The van der Waals surface area contributed by atoms with E-state index in [-0.39, 0.29) is 24.5 Å².